The molecule has 48 heavy (non-hydrogen) atoms. The Morgan fingerprint density at radius 3 is 1.69 bits per heavy atom. The Labute approximate surface area is 279 Å². The van der Waals surface area contributed by atoms with E-state index in [0.717, 1.165) is 56.7 Å². The van der Waals surface area contributed by atoms with Gasteiger partial charge in [0.1, 0.15) is 0 Å². The first-order valence-electron chi connectivity index (χ1n) is 15.7. The van der Waals surface area contributed by atoms with Crippen molar-refractivity contribution in [3.63, 3.8) is 0 Å². The van der Waals surface area contributed by atoms with Gasteiger partial charge < -0.3 is 34.8 Å². The lowest BCUT2D eigenvalue weighted by Crippen LogP contribution is -2.45. The van der Waals surface area contributed by atoms with Gasteiger partial charge in [-0.15, -0.1) is 0 Å². The van der Waals surface area contributed by atoms with E-state index in [1.54, 1.807) is 38.1 Å². The first kappa shape index (κ1) is 35.6. The highest BCUT2D eigenvalue weighted by Crippen LogP contribution is 2.26. The van der Waals surface area contributed by atoms with Crippen LogP contribution >= 0.6 is 0 Å². The summed E-state index contributed by atoms with van der Waals surface area (Å²) in [5.41, 5.74) is 4.43. The minimum atomic E-state index is -2.22. The second-order valence-corrected chi connectivity index (χ2v) is 12.0. The molecule has 3 N–H and O–H groups in total. The van der Waals surface area contributed by atoms with E-state index in [2.05, 4.69) is 46.4 Å². The van der Waals surface area contributed by atoms with Crippen molar-refractivity contribution in [2.45, 2.75) is 38.9 Å². The lowest BCUT2D eigenvalue weighted by molar-refractivity contribution is -0.166. The SMILES string of the molecule is CN1CCN(c2ccccc2C[C@H]2CCNC2=O)CC1.Cc1ccc(C(=O)O[C@@H](C(=O)O)[C@@H](OC(=O)c2ccc(C)cc2)C(=O)O)cc1. The Balaban J connectivity index is 0.000000228. The van der Waals surface area contributed by atoms with Crippen LogP contribution < -0.4 is 10.2 Å². The largest absolute Gasteiger partial charge is 0.478 e. The highest BCUT2D eigenvalue weighted by Gasteiger charge is 2.41. The second-order valence-electron chi connectivity index (χ2n) is 12.0. The Kier molecular flexibility index (Phi) is 12.3. The number of carboxylic acid groups (broad SMARTS) is 2. The number of ether oxygens (including phenoxy) is 2. The number of carbonyl (C=O) groups is 5. The Hall–Kier alpha value is -5.23. The number of anilines is 1. The van der Waals surface area contributed by atoms with Crippen molar-refractivity contribution in [3.8, 4) is 0 Å². The number of piperazine rings is 1. The summed E-state index contributed by atoms with van der Waals surface area (Å²) in [6, 6.07) is 20.6. The number of benzene rings is 3. The van der Waals surface area contributed by atoms with Gasteiger partial charge in [0.15, 0.2) is 0 Å². The molecular formula is C36H41N3O9. The van der Waals surface area contributed by atoms with Crippen LogP contribution in [0.5, 0.6) is 0 Å². The van der Waals surface area contributed by atoms with Gasteiger partial charge in [0.2, 0.25) is 18.1 Å². The first-order chi connectivity index (χ1) is 22.9. The van der Waals surface area contributed by atoms with Crippen LogP contribution in [0.15, 0.2) is 72.8 Å². The zero-order valence-electron chi connectivity index (χ0n) is 27.3. The van der Waals surface area contributed by atoms with Crippen LogP contribution in [0, 0.1) is 19.8 Å². The topological polar surface area (TPSA) is 163 Å². The molecule has 2 saturated heterocycles. The molecule has 254 valence electrons. The van der Waals surface area contributed by atoms with Crippen molar-refractivity contribution in [1.82, 2.24) is 10.2 Å². The number of aryl methyl sites for hydroxylation is 2. The maximum atomic E-state index is 12.2. The summed E-state index contributed by atoms with van der Waals surface area (Å²) in [5, 5.41) is 21.6. The number of esters is 2. The minimum Gasteiger partial charge on any atom is -0.478 e. The van der Waals surface area contributed by atoms with Crippen LogP contribution in [0.2, 0.25) is 0 Å². The van der Waals surface area contributed by atoms with Crippen molar-refractivity contribution in [2.24, 2.45) is 5.92 Å². The average Bonchev–Trinajstić information content (AvgIpc) is 3.47. The molecule has 5 rings (SSSR count). The maximum absolute atomic E-state index is 12.2. The summed E-state index contributed by atoms with van der Waals surface area (Å²) in [7, 11) is 2.17. The zero-order chi connectivity index (χ0) is 34.8. The van der Waals surface area contributed by atoms with Crippen LogP contribution in [-0.4, -0.2) is 96.9 Å². The molecule has 2 fully saturated rings. The van der Waals surface area contributed by atoms with Crippen LogP contribution in [-0.2, 0) is 30.3 Å². The highest BCUT2D eigenvalue weighted by molar-refractivity contribution is 5.95. The maximum Gasteiger partial charge on any atom is 0.349 e. The zero-order valence-corrected chi connectivity index (χ0v) is 27.3. The molecule has 0 radical (unpaired) electrons. The molecule has 0 bridgehead atoms. The average molecular weight is 660 g/mol. The summed E-state index contributed by atoms with van der Waals surface area (Å²) in [5.74, 6) is -5.24. The van der Waals surface area contributed by atoms with E-state index in [1.165, 1.54) is 35.5 Å². The fourth-order valence-electron chi connectivity index (χ4n) is 5.37. The number of hydrogen-bond acceptors (Lipinski definition) is 9. The van der Waals surface area contributed by atoms with Crippen molar-refractivity contribution >= 4 is 35.5 Å². The van der Waals surface area contributed by atoms with Crippen LogP contribution in [0.4, 0.5) is 5.69 Å². The molecule has 0 aromatic heterocycles. The van der Waals surface area contributed by atoms with Gasteiger partial charge in [0.05, 0.1) is 11.1 Å². The molecule has 3 aromatic carbocycles. The summed E-state index contributed by atoms with van der Waals surface area (Å²) < 4.78 is 9.64. The third kappa shape index (κ3) is 9.64. The molecule has 3 aromatic rings. The normalized spacial score (nSPS) is 17.3. The predicted octanol–water partition coefficient (Wildman–Crippen LogP) is 3.34. The van der Waals surface area contributed by atoms with E-state index in [0.29, 0.717) is 0 Å². The molecule has 2 heterocycles. The van der Waals surface area contributed by atoms with Gasteiger partial charge in [0.25, 0.3) is 0 Å². The van der Waals surface area contributed by atoms with Crippen molar-refractivity contribution in [3.05, 3.63) is 101 Å². The fourth-order valence-corrected chi connectivity index (χ4v) is 5.37. The molecule has 2 aliphatic heterocycles. The van der Waals surface area contributed by atoms with Gasteiger partial charge in [-0.25, -0.2) is 19.2 Å². The predicted molar refractivity (Wildman–Crippen MR) is 177 cm³/mol. The van der Waals surface area contributed by atoms with Crippen molar-refractivity contribution in [1.29, 1.82) is 0 Å². The molecule has 12 heteroatoms. The van der Waals surface area contributed by atoms with Crippen LogP contribution in [0.1, 0.15) is 43.8 Å². The quantitative estimate of drug-likeness (QED) is 0.274. The minimum absolute atomic E-state index is 0.0332. The molecule has 2 aliphatic rings. The molecular weight excluding hydrogens is 618 g/mol. The van der Waals surface area contributed by atoms with Gasteiger partial charge in [-0.2, -0.15) is 0 Å². The van der Waals surface area contributed by atoms with Crippen LogP contribution in [0.3, 0.4) is 0 Å². The van der Waals surface area contributed by atoms with Crippen molar-refractivity contribution in [2.75, 3.05) is 44.7 Å². The molecule has 12 nitrogen and oxygen atoms in total. The number of carboxylic acids is 2. The Morgan fingerprint density at radius 2 is 1.25 bits per heavy atom. The van der Waals surface area contributed by atoms with Gasteiger partial charge >= 0.3 is 23.9 Å². The van der Waals surface area contributed by atoms with E-state index in [1.807, 2.05) is 0 Å². The molecule has 0 saturated carbocycles. The van der Waals surface area contributed by atoms with E-state index in [-0.39, 0.29) is 23.0 Å². The Bertz CT molecular complexity index is 1520. The molecule has 0 spiro atoms. The lowest BCUT2D eigenvalue weighted by Gasteiger charge is -2.35. The van der Waals surface area contributed by atoms with Gasteiger partial charge in [-0.05, 0) is 69.6 Å². The molecule has 3 atom stereocenters. The number of amides is 1. The van der Waals surface area contributed by atoms with E-state index in [9.17, 15) is 34.2 Å². The lowest BCUT2D eigenvalue weighted by atomic mass is 9.96. The van der Waals surface area contributed by atoms with Gasteiger partial charge in [-0.1, -0.05) is 53.6 Å². The number of carbonyl (C=O) groups excluding carboxylic acids is 3. The van der Waals surface area contributed by atoms with E-state index >= 15 is 0 Å². The molecule has 0 unspecified atom stereocenters. The number of likely N-dealkylation sites (N-methyl/N-ethyl adjacent to an activating group) is 1. The smallest absolute Gasteiger partial charge is 0.349 e. The number of nitrogens with zero attached hydrogens (tertiary/aromatic N) is 2. The van der Waals surface area contributed by atoms with Crippen molar-refractivity contribution < 1.29 is 43.7 Å². The highest BCUT2D eigenvalue weighted by atomic mass is 16.6. The number of para-hydroxylation sites is 1. The summed E-state index contributed by atoms with van der Waals surface area (Å²) in [6.07, 6.45) is -2.61. The van der Waals surface area contributed by atoms with Gasteiger partial charge in [-0.3, -0.25) is 4.79 Å². The molecule has 1 amide bonds. The van der Waals surface area contributed by atoms with E-state index < -0.39 is 36.1 Å². The first-order valence-corrected chi connectivity index (χ1v) is 15.7. The third-order valence-electron chi connectivity index (χ3n) is 8.27. The van der Waals surface area contributed by atoms with E-state index in [4.69, 9.17) is 9.47 Å². The van der Waals surface area contributed by atoms with Crippen LogP contribution in [0.25, 0.3) is 0 Å². The Morgan fingerprint density at radius 1 is 0.771 bits per heavy atom. The number of nitrogens with one attached hydrogen (secondary N) is 1. The summed E-state index contributed by atoms with van der Waals surface area (Å²) >= 11 is 0. The molecule has 0 aliphatic carbocycles. The summed E-state index contributed by atoms with van der Waals surface area (Å²) in [4.78, 5) is 63.9. The summed E-state index contributed by atoms with van der Waals surface area (Å²) in [6.45, 7) is 8.78. The monoisotopic (exact) mass is 659 g/mol. The van der Waals surface area contributed by atoms with Gasteiger partial charge in [0, 0.05) is 44.3 Å². The fraction of sp³-hybridized carbons (Fsp3) is 0.361. The standard InChI is InChI=1S/C20H18O8.C16H23N3O/c1-11-3-7-13(8-4-11)19(25)27-15(17(21)22)16(18(23)24)28-20(26)14-9-5-12(2)6-10-14;1-18-8-10-19(11-9-18)15-5-3-2-4-13(15)12-14-6-7-17-16(14)20/h3-10,15-16H,1-2H3,(H,21,22)(H,23,24);2-5,14H,6-12H2,1H3,(H,17,20)/t15-,16-;14-/m11/s1. The third-order valence-corrected chi connectivity index (χ3v) is 8.27. The second kappa shape index (κ2) is 16.6. The number of aliphatic carboxylic acids is 2. The number of rotatable bonds is 10. The number of hydrogen-bond donors (Lipinski definition) is 3.